The number of hydrogen-bond donors (Lipinski definition) is 1. The second-order valence-corrected chi connectivity index (χ2v) is 6.15. The molecule has 0 aliphatic carbocycles. The van der Waals surface area contributed by atoms with Gasteiger partial charge in [-0.25, -0.2) is 0 Å². The monoisotopic (exact) mass is 242 g/mol. The van der Waals surface area contributed by atoms with Gasteiger partial charge < -0.3 is 10.6 Å². The third-order valence-electron chi connectivity index (χ3n) is 2.25. The van der Waals surface area contributed by atoms with Crippen molar-refractivity contribution in [2.75, 3.05) is 13.1 Å². The number of likely N-dealkylation sites (tertiary alicyclic amines) is 1. The van der Waals surface area contributed by atoms with Crippen molar-refractivity contribution < 1.29 is 0 Å². The Bertz CT molecular complexity index is 235. The largest absolute Gasteiger partial charge is 0.376 e. The lowest BCUT2D eigenvalue weighted by molar-refractivity contribution is 0.410. The highest BCUT2D eigenvalue weighted by molar-refractivity contribution is 7.80. The molecule has 0 aromatic carbocycles. The Balaban J connectivity index is 0.000000281. The summed E-state index contributed by atoms with van der Waals surface area (Å²) in [6.45, 7) is 14.7. The highest BCUT2D eigenvalue weighted by Crippen LogP contribution is 2.22. The lowest BCUT2D eigenvalue weighted by atomic mass is 9.89. The predicted octanol–water partition coefficient (Wildman–Crippen LogP) is 3.32. The first kappa shape index (κ1) is 15.4. The average Bonchev–Trinajstić information content (AvgIpc) is 2.50. The molecule has 3 heteroatoms. The van der Waals surface area contributed by atoms with E-state index in [1.165, 1.54) is 18.4 Å². The van der Waals surface area contributed by atoms with E-state index in [2.05, 4.69) is 34.3 Å². The van der Waals surface area contributed by atoms with E-state index in [1.807, 2.05) is 4.90 Å². The second-order valence-electron chi connectivity index (χ2n) is 5.73. The Morgan fingerprint density at radius 2 is 1.75 bits per heavy atom. The molecule has 1 aliphatic rings. The molecule has 1 aliphatic heterocycles. The molecule has 2 nitrogen and oxygen atoms in total. The van der Waals surface area contributed by atoms with E-state index in [4.69, 9.17) is 18.0 Å². The smallest absolute Gasteiger partial charge is 0.166 e. The number of nitrogens with two attached hydrogens (primary N) is 1. The van der Waals surface area contributed by atoms with Crippen LogP contribution in [0.1, 0.15) is 47.0 Å². The maximum atomic E-state index is 5.36. The molecule has 0 spiro atoms. The van der Waals surface area contributed by atoms with Gasteiger partial charge >= 0.3 is 0 Å². The molecule has 0 unspecified atom stereocenters. The molecule has 0 bridgehead atoms. The minimum absolute atomic E-state index is 0.422. The molecule has 1 saturated heterocycles. The van der Waals surface area contributed by atoms with E-state index in [-0.39, 0.29) is 0 Å². The third-order valence-corrected chi connectivity index (χ3v) is 2.51. The van der Waals surface area contributed by atoms with Gasteiger partial charge in [0.15, 0.2) is 5.11 Å². The first-order chi connectivity index (χ1) is 7.22. The van der Waals surface area contributed by atoms with Crippen molar-refractivity contribution in [3.63, 3.8) is 0 Å². The zero-order valence-corrected chi connectivity index (χ0v) is 12.0. The van der Waals surface area contributed by atoms with Gasteiger partial charge in [0.1, 0.15) is 0 Å². The maximum absolute atomic E-state index is 5.36. The first-order valence-electron chi connectivity index (χ1n) is 5.91. The fourth-order valence-electron chi connectivity index (χ4n) is 1.84. The summed E-state index contributed by atoms with van der Waals surface area (Å²) in [4.78, 5) is 2.04. The summed E-state index contributed by atoms with van der Waals surface area (Å²) in [7, 11) is 0. The van der Waals surface area contributed by atoms with E-state index in [0.29, 0.717) is 10.5 Å². The lowest BCUT2D eigenvalue weighted by Gasteiger charge is -2.17. The van der Waals surface area contributed by atoms with E-state index in [9.17, 15) is 0 Å². The lowest BCUT2D eigenvalue weighted by Crippen LogP contribution is -2.32. The van der Waals surface area contributed by atoms with Gasteiger partial charge in [-0.05, 0) is 43.8 Å². The molecule has 0 saturated carbocycles. The summed E-state index contributed by atoms with van der Waals surface area (Å²) >= 11 is 4.76. The third kappa shape index (κ3) is 8.72. The van der Waals surface area contributed by atoms with Gasteiger partial charge in [-0.3, -0.25) is 0 Å². The minimum atomic E-state index is 0.422. The highest BCUT2D eigenvalue weighted by Gasteiger charge is 2.10. The van der Waals surface area contributed by atoms with Crippen molar-refractivity contribution in [3.05, 3.63) is 12.2 Å². The van der Waals surface area contributed by atoms with E-state index >= 15 is 0 Å². The van der Waals surface area contributed by atoms with Crippen molar-refractivity contribution in [2.24, 2.45) is 11.1 Å². The molecule has 1 fully saturated rings. The van der Waals surface area contributed by atoms with Crippen LogP contribution in [0.5, 0.6) is 0 Å². The molecular formula is C13H26N2S. The summed E-state index contributed by atoms with van der Waals surface area (Å²) in [6.07, 6.45) is 3.63. The van der Waals surface area contributed by atoms with Crippen LogP contribution in [0.25, 0.3) is 0 Å². The van der Waals surface area contributed by atoms with E-state index < -0.39 is 0 Å². The second kappa shape index (κ2) is 6.89. The quantitative estimate of drug-likeness (QED) is 0.565. The van der Waals surface area contributed by atoms with Crippen LogP contribution in [-0.4, -0.2) is 23.1 Å². The Labute approximate surface area is 106 Å². The number of allylic oxidation sites excluding steroid dienone is 1. The average molecular weight is 242 g/mol. The molecule has 0 radical (unpaired) electrons. The van der Waals surface area contributed by atoms with Gasteiger partial charge in [0.05, 0.1) is 0 Å². The molecule has 0 amide bonds. The van der Waals surface area contributed by atoms with Crippen LogP contribution in [0, 0.1) is 5.41 Å². The van der Waals surface area contributed by atoms with Crippen LogP contribution >= 0.6 is 12.2 Å². The van der Waals surface area contributed by atoms with Gasteiger partial charge in [0, 0.05) is 13.1 Å². The van der Waals surface area contributed by atoms with Crippen molar-refractivity contribution in [1.82, 2.24) is 4.90 Å². The molecule has 1 heterocycles. The zero-order chi connectivity index (χ0) is 12.8. The summed E-state index contributed by atoms with van der Waals surface area (Å²) in [5, 5.41) is 0.558. The molecule has 1 rings (SSSR count). The Morgan fingerprint density at radius 1 is 1.31 bits per heavy atom. The maximum Gasteiger partial charge on any atom is 0.166 e. The number of hydrogen-bond acceptors (Lipinski definition) is 1. The van der Waals surface area contributed by atoms with Crippen LogP contribution in [0.2, 0.25) is 0 Å². The van der Waals surface area contributed by atoms with Crippen LogP contribution in [0.15, 0.2) is 12.2 Å². The fourth-order valence-corrected chi connectivity index (χ4v) is 2.03. The SMILES string of the molecule is C=C(C)CC(C)(C)C.NC(=S)N1CCCC1. The number of thiocarbonyl (C=S) groups is 1. The molecule has 0 aromatic heterocycles. The summed E-state index contributed by atoms with van der Waals surface area (Å²) in [6, 6.07) is 0. The first-order valence-corrected chi connectivity index (χ1v) is 6.32. The summed E-state index contributed by atoms with van der Waals surface area (Å²) in [5.41, 5.74) is 7.05. The molecule has 94 valence electrons. The highest BCUT2D eigenvalue weighted by atomic mass is 32.1. The van der Waals surface area contributed by atoms with E-state index in [1.54, 1.807) is 0 Å². The standard InChI is InChI=1S/C8H16.C5H10N2S/c1-7(2)6-8(3,4)5;6-5(8)7-3-1-2-4-7/h1,6H2,2-5H3;1-4H2,(H2,6,8). The normalized spacial score (nSPS) is 15.4. The van der Waals surface area contributed by atoms with Gasteiger partial charge in [-0.2, -0.15) is 0 Å². The van der Waals surface area contributed by atoms with Gasteiger partial charge in [-0.15, -0.1) is 6.58 Å². The van der Waals surface area contributed by atoms with E-state index in [0.717, 1.165) is 19.5 Å². The predicted molar refractivity (Wildman–Crippen MR) is 76.5 cm³/mol. The zero-order valence-electron chi connectivity index (χ0n) is 11.2. The van der Waals surface area contributed by atoms with Crippen LogP contribution in [0.3, 0.4) is 0 Å². The molecular weight excluding hydrogens is 216 g/mol. The van der Waals surface area contributed by atoms with Crippen molar-refractivity contribution in [1.29, 1.82) is 0 Å². The van der Waals surface area contributed by atoms with Crippen molar-refractivity contribution in [2.45, 2.75) is 47.0 Å². The van der Waals surface area contributed by atoms with Crippen LogP contribution in [0.4, 0.5) is 0 Å². The van der Waals surface area contributed by atoms with Crippen molar-refractivity contribution >= 4 is 17.3 Å². The minimum Gasteiger partial charge on any atom is -0.376 e. The molecule has 0 atom stereocenters. The Kier molecular flexibility index (Phi) is 6.65. The topological polar surface area (TPSA) is 29.3 Å². The molecule has 16 heavy (non-hydrogen) atoms. The summed E-state index contributed by atoms with van der Waals surface area (Å²) < 4.78 is 0. The fraction of sp³-hybridized carbons (Fsp3) is 0.769. The van der Waals surface area contributed by atoms with Crippen LogP contribution < -0.4 is 5.73 Å². The van der Waals surface area contributed by atoms with Crippen LogP contribution in [-0.2, 0) is 0 Å². The number of rotatable bonds is 1. The van der Waals surface area contributed by atoms with Crippen molar-refractivity contribution in [3.8, 4) is 0 Å². The molecule has 2 N–H and O–H groups in total. The van der Waals surface area contributed by atoms with Gasteiger partial charge in [0.25, 0.3) is 0 Å². The summed E-state index contributed by atoms with van der Waals surface area (Å²) in [5.74, 6) is 0. The van der Waals surface area contributed by atoms with Gasteiger partial charge in [-0.1, -0.05) is 26.3 Å². The van der Waals surface area contributed by atoms with Gasteiger partial charge in [0.2, 0.25) is 0 Å². The number of nitrogens with zero attached hydrogens (tertiary/aromatic N) is 1. The Morgan fingerprint density at radius 3 is 1.88 bits per heavy atom. The Hall–Kier alpha value is -0.570. The molecule has 0 aromatic rings.